The van der Waals surface area contributed by atoms with Gasteiger partial charge in [-0.3, -0.25) is 4.79 Å². The van der Waals surface area contributed by atoms with Gasteiger partial charge < -0.3 is 24.5 Å². The van der Waals surface area contributed by atoms with Crippen LogP contribution >= 0.6 is 21.6 Å². The minimum Gasteiger partial charge on any atom is -0.458 e. The van der Waals surface area contributed by atoms with Crippen LogP contribution in [-0.4, -0.2) is 43.1 Å². The maximum Gasteiger partial charge on any atom is 0.407 e. The molecule has 0 spiro atoms. The van der Waals surface area contributed by atoms with Crippen LogP contribution in [0.5, 0.6) is 0 Å². The van der Waals surface area contributed by atoms with E-state index in [9.17, 15) is 19.5 Å². The summed E-state index contributed by atoms with van der Waals surface area (Å²) in [5.41, 5.74) is 2.32. The first kappa shape index (κ1) is 33.2. The monoisotopic (exact) mass is 716 g/mol. The Labute approximate surface area is 296 Å². The maximum absolute atomic E-state index is 15.3. The number of benzene rings is 1. The van der Waals surface area contributed by atoms with Crippen molar-refractivity contribution in [3.63, 3.8) is 0 Å². The van der Waals surface area contributed by atoms with Crippen molar-refractivity contribution in [1.82, 2.24) is 19.9 Å². The van der Waals surface area contributed by atoms with Crippen molar-refractivity contribution >= 4 is 44.6 Å². The van der Waals surface area contributed by atoms with E-state index in [2.05, 4.69) is 10.3 Å². The van der Waals surface area contributed by atoms with Gasteiger partial charge >= 0.3 is 12.1 Å². The lowest BCUT2D eigenvalue weighted by Crippen LogP contribution is -2.44. The van der Waals surface area contributed by atoms with E-state index in [1.54, 1.807) is 52.3 Å². The van der Waals surface area contributed by atoms with Crippen molar-refractivity contribution in [2.45, 2.75) is 106 Å². The van der Waals surface area contributed by atoms with Gasteiger partial charge in [-0.15, -0.1) is 0 Å². The maximum atomic E-state index is 15.3. The molecule has 10 nitrogen and oxygen atoms in total. The van der Waals surface area contributed by atoms with Gasteiger partial charge in [-0.25, -0.2) is 23.9 Å². The molecule has 4 aliphatic rings. The van der Waals surface area contributed by atoms with Crippen LogP contribution < -0.4 is 10.9 Å². The second-order valence-corrected chi connectivity index (χ2v) is 16.0. The molecule has 4 aromatic rings. The van der Waals surface area contributed by atoms with Gasteiger partial charge in [0.15, 0.2) is 5.60 Å². The number of pyridine rings is 3. The summed E-state index contributed by atoms with van der Waals surface area (Å²) in [6.07, 6.45) is 6.89. The van der Waals surface area contributed by atoms with Gasteiger partial charge in [-0.05, 0) is 91.1 Å². The van der Waals surface area contributed by atoms with E-state index in [1.165, 1.54) is 6.07 Å². The van der Waals surface area contributed by atoms with Crippen molar-refractivity contribution in [2.75, 3.05) is 0 Å². The lowest BCUT2D eigenvalue weighted by Gasteiger charge is -2.31. The number of fused-ring (bicyclic) bond motifs is 5. The van der Waals surface area contributed by atoms with Crippen LogP contribution in [0.3, 0.4) is 0 Å². The van der Waals surface area contributed by atoms with Crippen LogP contribution in [0.2, 0.25) is 0 Å². The number of nitrogens with one attached hydrogen (secondary N) is 1. The van der Waals surface area contributed by atoms with Crippen LogP contribution in [0.15, 0.2) is 46.3 Å². The number of carbonyl (C=O) groups is 2. The zero-order valence-corrected chi connectivity index (χ0v) is 29.4. The molecule has 2 aliphatic heterocycles. The Morgan fingerprint density at radius 3 is 2.80 bits per heavy atom. The molecular weight excluding hydrogens is 680 g/mol. The number of esters is 1. The molecule has 13 heteroatoms. The first-order chi connectivity index (χ1) is 24.2. The topological polar surface area (TPSA) is 133 Å². The molecule has 0 radical (unpaired) electrons. The Bertz CT molecular complexity index is 2110. The van der Waals surface area contributed by atoms with E-state index in [4.69, 9.17) is 14.5 Å². The fraction of sp³-hybridized carbons (Fsp3) is 0.432. The second-order valence-electron chi connectivity index (χ2n) is 13.5. The molecule has 1 saturated carbocycles. The largest absolute Gasteiger partial charge is 0.458 e. The van der Waals surface area contributed by atoms with Gasteiger partial charge in [0.1, 0.15) is 23.6 Å². The Balaban J connectivity index is 1.15. The number of hydrogen-bond acceptors (Lipinski definition) is 10. The minimum atomic E-state index is -1.97. The molecule has 5 heterocycles. The average molecular weight is 717 g/mol. The summed E-state index contributed by atoms with van der Waals surface area (Å²) in [6.45, 7) is 3.34. The highest BCUT2D eigenvalue weighted by Gasteiger charge is 2.46. The first-order valence-electron chi connectivity index (χ1n) is 17.2. The van der Waals surface area contributed by atoms with Crippen molar-refractivity contribution in [2.24, 2.45) is 0 Å². The molecule has 2 aliphatic carbocycles. The quantitative estimate of drug-likeness (QED) is 0.110. The molecule has 260 valence electrons. The summed E-state index contributed by atoms with van der Waals surface area (Å²) in [6, 6.07) is 8.39. The number of halogens is 1. The van der Waals surface area contributed by atoms with Crippen LogP contribution in [0.25, 0.3) is 22.3 Å². The fourth-order valence-electron chi connectivity index (χ4n) is 8.00. The number of aliphatic hydroxyl groups is 1. The molecule has 0 unspecified atom stereocenters. The smallest absolute Gasteiger partial charge is 0.407 e. The number of cyclic esters (lactones) is 1. The number of ether oxygens (including phenoxy) is 2. The minimum absolute atomic E-state index is 0.0229. The van der Waals surface area contributed by atoms with Crippen molar-refractivity contribution in [3.05, 3.63) is 86.1 Å². The summed E-state index contributed by atoms with van der Waals surface area (Å²) in [7, 11) is 3.30. The summed E-state index contributed by atoms with van der Waals surface area (Å²) in [5, 5.41) is 16.3. The molecule has 4 atom stereocenters. The van der Waals surface area contributed by atoms with Gasteiger partial charge in [-0.2, -0.15) is 0 Å². The van der Waals surface area contributed by atoms with Gasteiger partial charge in [-0.1, -0.05) is 36.6 Å². The average Bonchev–Trinajstić information content (AvgIpc) is 3.34. The number of rotatable bonds is 6. The molecule has 50 heavy (non-hydrogen) atoms. The van der Waals surface area contributed by atoms with E-state index in [0.717, 1.165) is 59.2 Å². The summed E-state index contributed by atoms with van der Waals surface area (Å²) in [4.78, 5) is 49.7. The lowest BCUT2D eigenvalue weighted by atomic mass is 9.81. The van der Waals surface area contributed by atoms with Crippen molar-refractivity contribution < 1.29 is 28.6 Å². The van der Waals surface area contributed by atoms with E-state index in [1.807, 2.05) is 18.2 Å². The highest BCUT2D eigenvalue weighted by Crippen LogP contribution is 2.46. The SMILES string of the molecule is CC[C@@]1(O)C(=O)OCc2c1cc1n(c2=O)Cc2c-1nc1cc(F)c(C)c3c1c2[C@@H](NC(=O)O[C@@H]1CCCCC[C@H]1SSc1ccccn1)CC3. The Kier molecular flexibility index (Phi) is 8.63. The Morgan fingerprint density at radius 1 is 1.16 bits per heavy atom. The molecule has 8 rings (SSSR count). The van der Waals surface area contributed by atoms with Crippen molar-refractivity contribution in [3.8, 4) is 11.4 Å². The molecule has 1 fully saturated rings. The predicted molar refractivity (Wildman–Crippen MR) is 188 cm³/mol. The standard InChI is InChI=1S/C37H37FN4O6S2/c1-3-37(46)23-15-27-33-21(17-42(27)34(43)22(23)18-47-35(37)44)32-25(13-12-20-19(2)24(38)16-26(40-33)31(20)32)41-36(45)48-28-9-5-4-6-10-29(28)49-50-30-11-7-8-14-39-30/h7-8,11,14-16,25,28-29,46H,3-6,9-10,12-13,17-18H2,1-2H3,(H,41,45)/t25-,28+,29+,37-/m0/s1. The molecule has 1 amide bonds. The van der Waals surface area contributed by atoms with Crippen LogP contribution in [0, 0.1) is 12.7 Å². The number of carbonyl (C=O) groups excluding carboxylic acids is 2. The van der Waals surface area contributed by atoms with Crippen LogP contribution in [-0.2, 0) is 39.4 Å². The highest BCUT2D eigenvalue weighted by atomic mass is 33.1. The summed E-state index contributed by atoms with van der Waals surface area (Å²) < 4.78 is 28.3. The van der Waals surface area contributed by atoms with Gasteiger partial charge in [0, 0.05) is 28.8 Å². The van der Waals surface area contributed by atoms with E-state index in [-0.39, 0.29) is 53.4 Å². The Morgan fingerprint density at radius 2 is 2.00 bits per heavy atom. The van der Waals surface area contributed by atoms with Crippen LogP contribution in [0.1, 0.15) is 91.3 Å². The van der Waals surface area contributed by atoms with Gasteiger partial charge in [0.25, 0.3) is 5.56 Å². The first-order valence-corrected chi connectivity index (χ1v) is 19.4. The number of hydrogen-bond donors (Lipinski definition) is 2. The zero-order chi connectivity index (χ0) is 34.7. The second kappa shape index (κ2) is 13.0. The summed E-state index contributed by atoms with van der Waals surface area (Å²) >= 11 is 0. The number of nitrogens with zero attached hydrogens (tertiary/aromatic N) is 3. The molecule has 1 aromatic carbocycles. The van der Waals surface area contributed by atoms with E-state index >= 15 is 4.39 Å². The van der Waals surface area contributed by atoms with Crippen LogP contribution in [0.4, 0.5) is 9.18 Å². The number of amides is 1. The molecule has 0 saturated heterocycles. The molecule has 3 aromatic heterocycles. The highest BCUT2D eigenvalue weighted by molar-refractivity contribution is 8.76. The van der Waals surface area contributed by atoms with E-state index < -0.39 is 23.7 Å². The van der Waals surface area contributed by atoms with E-state index in [0.29, 0.717) is 35.3 Å². The fourth-order valence-corrected chi connectivity index (χ4v) is 10.7. The zero-order valence-electron chi connectivity index (χ0n) is 27.8. The normalized spacial score (nSPS) is 23.8. The Hall–Kier alpha value is -3.94. The van der Waals surface area contributed by atoms with Gasteiger partial charge in [0.05, 0.1) is 40.3 Å². The summed E-state index contributed by atoms with van der Waals surface area (Å²) in [5.74, 6) is -1.17. The molecular formula is C37H37FN4O6S2. The third-order valence-electron chi connectivity index (χ3n) is 10.7. The third-order valence-corrected chi connectivity index (χ3v) is 13.6. The number of alkyl carbamates (subject to hydrolysis) is 1. The molecule has 0 bridgehead atoms. The number of aromatic nitrogens is 3. The third kappa shape index (κ3) is 5.48. The van der Waals surface area contributed by atoms with Crippen molar-refractivity contribution in [1.29, 1.82) is 0 Å². The predicted octanol–water partition coefficient (Wildman–Crippen LogP) is 6.78. The lowest BCUT2D eigenvalue weighted by molar-refractivity contribution is -0.172. The molecule has 2 N–H and O–H groups in total. The number of aryl methyl sites for hydroxylation is 1. The van der Waals surface area contributed by atoms with Gasteiger partial charge in [0.2, 0.25) is 0 Å².